The zero-order chi connectivity index (χ0) is 15.3. The van der Waals surface area contributed by atoms with Crippen LogP contribution in [0.25, 0.3) is 0 Å². The third-order valence-electron chi connectivity index (χ3n) is 3.65. The molecule has 0 aromatic heterocycles. The highest BCUT2D eigenvalue weighted by Crippen LogP contribution is 2.19. The average molecular weight is 303 g/mol. The minimum atomic E-state index is -0.159. The Kier molecular flexibility index (Phi) is 10.4. The van der Waals surface area contributed by atoms with Gasteiger partial charge in [-0.3, -0.25) is 4.79 Å². The standard InChI is InChI=1S/C15H29NO5/c1-3-13-4-5-16-14(12-13)15(17)21-11-10-20-9-8-19-7-6-18-2/h13-14,16H,3-12H2,1-2H3. The Balaban J connectivity index is 1.96. The number of nitrogens with one attached hydrogen (secondary N) is 1. The summed E-state index contributed by atoms with van der Waals surface area (Å²) in [5.41, 5.74) is 0. The summed E-state index contributed by atoms with van der Waals surface area (Å²) < 4.78 is 20.7. The Morgan fingerprint density at radius 2 is 1.76 bits per heavy atom. The molecule has 1 rings (SSSR count). The summed E-state index contributed by atoms with van der Waals surface area (Å²) in [4.78, 5) is 11.9. The van der Waals surface area contributed by atoms with Crippen molar-refractivity contribution in [1.29, 1.82) is 0 Å². The molecule has 0 aliphatic carbocycles. The highest BCUT2D eigenvalue weighted by molar-refractivity contribution is 5.75. The van der Waals surface area contributed by atoms with Gasteiger partial charge in [0.2, 0.25) is 0 Å². The maximum absolute atomic E-state index is 11.9. The van der Waals surface area contributed by atoms with Gasteiger partial charge in [0.15, 0.2) is 0 Å². The Labute approximate surface area is 127 Å². The molecule has 2 atom stereocenters. The third kappa shape index (κ3) is 8.36. The lowest BCUT2D eigenvalue weighted by Crippen LogP contribution is -2.44. The number of methoxy groups -OCH3 is 1. The number of hydrogen-bond donors (Lipinski definition) is 1. The Hall–Kier alpha value is -0.690. The second-order valence-corrected chi connectivity index (χ2v) is 5.19. The predicted octanol–water partition coefficient (Wildman–Crippen LogP) is 0.987. The largest absolute Gasteiger partial charge is 0.462 e. The second-order valence-electron chi connectivity index (χ2n) is 5.19. The van der Waals surface area contributed by atoms with Crippen molar-refractivity contribution in [3.63, 3.8) is 0 Å². The molecule has 1 aliphatic heterocycles. The molecule has 0 saturated carbocycles. The molecule has 1 saturated heterocycles. The molecule has 6 heteroatoms. The van der Waals surface area contributed by atoms with E-state index in [9.17, 15) is 4.79 Å². The van der Waals surface area contributed by atoms with E-state index in [2.05, 4.69) is 12.2 Å². The minimum absolute atomic E-state index is 0.152. The molecule has 6 nitrogen and oxygen atoms in total. The van der Waals surface area contributed by atoms with Crippen LogP contribution in [0.4, 0.5) is 0 Å². The first-order valence-corrected chi connectivity index (χ1v) is 7.82. The van der Waals surface area contributed by atoms with Crippen LogP contribution in [0.5, 0.6) is 0 Å². The number of carbonyl (C=O) groups is 1. The van der Waals surface area contributed by atoms with Crippen LogP contribution in [-0.4, -0.2) is 65.3 Å². The van der Waals surface area contributed by atoms with Crippen LogP contribution >= 0.6 is 0 Å². The van der Waals surface area contributed by atoms with Crippen molar-refractivity contribution in [1.82, 2.24) is 5.32 Å². The minimum Gasteiger partial charge on any atom is -0.462 e. The molecule has 0 radical (unpaired) electrons. The third-order valence-corrected chi connectivity index (χ3v) is 3.65. The van der Waals surface area contributed by atoms with Gasteiger partial charge in [0, 0.05) is 7.11 Å². The van der Waals surface area contributed by atoms with Gasteiger partial charge in [-0.25, -0.2) is 0 Å². The van der Waals surface area contributed by atoms with Crippen molar-refractivity contribution in [2.75, 3.05) is 53.3 Å². The van der Waals surface area contributed by atoms with Crippen molar-refractivity contribution < 1.29 is 23.7 Å². The molecule has 0 amide bonds. The van der Waals surface area contributed by atoms with Crippen LogP contribution in [0.1, 0.15) is 26.2 Å². The highest BCUT2D eigenvalue weighted by Gasteiger charge is 2.26. The fraction of sp³-hybridized carbons (Fsp3) is 0.933. The summed E-state index contributed by atoms with van der Waals surface area (Å²) in [7, 11) is 1.64. The fourth-order valence-corrected chi connectivity index (χ4v) is 2.31. The summed E-state index contributed by atoms with van der Waals surface area (Å²) in [6.07, 6.45) is 3.15. The quantitative estimate of drug-likeness (QED) is 0.453. The predicted molar refractivity (Wildman–Crippen MR) is 79.3 cm³/mol. The molecule has 1 aliphatic rings. The van der Waals surface area contributed by atoms with E-state index in [1.165, 1.54) is 0 Å². The highest BCUT2D eigenvalue weighted by atomic mass is 16.6. The van der Waals surface area contributed by atoms with E-state index in [0.29, 0.717) is 45.6 Å². The Morgan fingerprint density at radius 1 is 1.10 bits per heavy atom. The molecule has 2 unspecified atom stereocenters. The molecule has 124 valence electrons. The molecule has 0 aromatic rings. The molecule has 1 heterocycles. The monoisotopic (exact) mass is 303 g/mol. The average Bonchev–Trinajstić information content (AvgIpc) is 2.53. The van der Waals surface area contributed by atoms with Crippen LogP contribution in [0.2, 0.25) is 0 Å². The summed E-state index contributed by atoms with van der Waals surface area (Å²) in [5.74, 6) is 0.470. The second kappa shape index (κ2) is 11.9. The van der Waals surface area contributed by atoms with Gasteiger partial charge in [0.1, 0.15) is 12.6 Å². The first kappa shape index (κ1) is 18.4. The zero-order valence-corrected chi connectivity index (χ0v) is 13.3. The van der Waals surface area contributed by atoms with Crippen molar-refractivity contribution in [2.45, 2.75) is 32.2 Å². The van der Waals surface area contributed by atoms with Gasteiger partial charge in [-0.15, -0.1) is 0 Å². The van der Waals surface area contributed by atoms with Gasteiger partial charge in [0.05, 0.1) is 33.0 Å². The van der Waals surface area contributed by atoms with E-state index in [4.69, 9.17) is 18.9 Å². The number of rotatable bonds is 11. The molecule has 0 aromatic carbocycles. The summed E-state index contributed by atoms with van der Waals surface area (Å²) in [6, 6.07) is -0.152. The molecular weight excluding hydrogens is 274 g/mol. The van der Waals surface area contributed by atoms with Gasteiger partial charge in [-0.2, -0.15) is 0 Å². The SMILES string of the molecule is CCC1CCNC(C(=O)OCCOCCOCCOC)C1. The lowest BCUT2D eigenvalue weighted by molar-refractivity contribution is -0.149. The van der Waals surface area contributed by atoms with Crippen molar-refractivity contribution in [3.05, 3.63) is 0 Å². The first-order valence-electron chi connectivity index (χ1n) is 7.82. The Morgan fingerprint density at radius 3 is 2.43 bits per heavy atom. The van der Waals surface area contributed by atoms with Gasteiger partial charge in [0.25, 0.3) is 0 Å². The Bertz CT molecular complexity index is 275. The normalized spacial score (nSPS) is 22.2. The molecule has 0 bridgehead atoms. The van der Waals surface area contributed by atoms with E-state index < -0.39 is 0 Å². The summed E-state index contributed by atoms with van der Waals surface area (Å²) in [6.45, 7) is 5.95. The van der Waals surface area contributed by atoms with Crippen molar-refractivity contribution in [3.8, 4) is 0 Å². The molecule has 1 fully saturated rings. The number of carbonyl (C=O) groups excluding carboxylic acids is 1. The number of piperidine rings is 1. The molecule has 21 heavy (non-hydrogen) atoms. The number of ether oxygens (including phenoxy) is 4. The van der Waals surface area contributed by atoms with Gasteiger partial charge >= 0.3 is 5.97 Å². The first-order chi connectivity index (χ1) is 10.3. The van der Waals surface area contributed by atoms with E-state index in [1.54, 1.807) is 7.11 Å². The lowest BCUT2D eigenvalue weighted by atomic mass is 9.90. The summed E-state index contributed by atoms with van der Waals surface area (Å²) in [5, 5.41) is 3.22. The summed E-state index contributed by atoms with van der Waals surface area (Å²) >= 11 is 0. The van der Waals surface area contributed by atoms with Crippen LogP contribution in [0, 0.1) is 5.92 Å². The molecule has 0 spiro atoms. The van der Waals surface area contributed by atoms with Crippen LogP contribution in [0.15, 0.2) is 0 Å². The van der Waals surface area contributed by atoms with Gasteiger partial charge in [-0.05, 0) is 25.3 Å². The smallest absolute Gasteiger partial charge is 0.323 e. The van der Waals surface area contributed by atoms with Gasteiger partial charge < -0.3 is 24.3 Å². The topological polar surface area (TPSA) is 66.0 Å². The van der Waals surface area contributed by atoms with E-state index in [-0.39, 0.29) is 12.0 Å². The van der Waals surface area contributed by atoms with Crippen LogP contribution in [-0.2, 0) is 23.7 Å². The lowest BCUT2D eigenvalue weighted by Gasteiger charge is -2.28. The van der Waals surface area contributed by atoms with Crippen LogP contribution < -0.4 is 5.32 Å². The van der Waals surface area contributed by atoms with E-state index >= 15 is 0 Å². The number of hydrogen-bond acceptors (Lipinski definition) is 6. The maximum atomic E-state index is 11.9. The van der Waals surface area contributed by atoms with E-state index in [1.807, 2.05) is 0 Å². The van der Waals surface area contributed by atoms with Gasteiger partial charge in [-0.1, -0.05) is 13.3 Å². The van der Waals surface area contributed by atoms with E-state index in [0.717, 1.165) is 25.8 Å². The molecule has 1 N–H and O–H groups in total. The maximum Gasteiger partial charge on any atom is 0.323 e. The zero-order valence-electron chi connectivity index (χ0n) is 13.3. The van der Waals surface area contributed by atoms with Crippen molar-refractivity contribution in [2.24, 2.45) is 5.92 Å². The molecular formula is C15H29NO5. The van der Waals surface area contributed by atoms with Crippen LogP contribution in [0.3, 0.4) is 0 Å². The fourth-order valence-electron chi connectivity index (χ4n) is 2.31. The number of esters is 1. The van der Waals surface area contributed by atoms with Crippen molar-refractivity contribution >= 4 is 5.97 Å².